The number of carbonyl (C=O) groups excluding carboxylic acids is 1. The Morgan fingerprint density at radius 1 is 0.705 bits per heavy atom. The lowest BCUT2D eigenvalue weighted by Crippen LogP contribution is -2.29. The molecule has 1 N–H and O–H groups in total. The van der Waals surface area contributed by atoms with Crippen molar-refractivity contribution in [3.8, 4) is 0 Å². The third kappa shape index (κ3) is 10.6. The van der Waals surface area contributed by atoms with Gasteiger partial charge in [-0.1, -0.05) is 163 Å². The average Bonchev–Trinajstić information content (AvgIpc) is 3.06. The molecule has 1 unspecified atom stereocenters. The number of amides is 1. The van der Waals surface area contributed by atoms with Crippen molar-refractivity contribution >= 4 is 85.0 Å². The molecule has 0 saturated heterocycles. The summed E-state index contributed by atoms with van der Waals surface area (Å²) in [6.07, 6.45) is 1.86. The molecule has 1 amide bonds. The van der Waals surface area contributed by atoms with E-state index in [0.717, 1.165) is 14.5 Å². The number of rotatable bonds is 9. The number of benzene rings is 5. The molecule has 1 atom stereocenters. The van der Waals surface area contributed by atoms with E-state index in [9.17, 15) is 4.79 Å². The number of nitrogens with one attached hydrogen (secondary N) is 1. The Morgan fingerprint density at radius 2 is 1.18 bits per heavy atom. The minimum absolute atomic E-state index is 0.195. The van der Waals surface area contributed by atoms with Crippen LogP contribution in [-0.2, 0) is 11.3 Å². The maximum absolute atomic E-state index is 12.2. The van der Waals surface area contributed by atoms with Gasteiger partial charge in [-0.25, -0.2) is 4.79 Å². The van der Waals surface area contributed by atoms with E-state index in [-0.39, 0.29) is 12.6 Å². The molecule has 3 nitrogen and oxygen atoms in total. The van der Waals surface area contributed by atoms with Crippen LogP contribution in [0.2, 0.25) is 10.0 Å². The van der Waals surface area contributed by atoms with Crippen LogP contribution in [0.15, 0.2) is 149 Å². The van der Waals surface area contributed by atoms with Gasteiger partial charge in [0, 0.05) is 0 Å². The predicted octanol–water partition coefficient (Wildman–Crippen LogP) is 10.4. The lowest BCUT2D eigenvalue weighted by Gasteiger charge is -2.19. The number of halogens is 4. The molecule has 0 aliphatic heterocycles. The maximum Gasteiger partial charge on any atom is 0.407 e. The van der Waals surface area contributed by atoms with Crippen molar-refractivity contribution in [2.24, 2.45) is 0 Å². The lowest BCUT2D eigenvalue weighted by atomic mass is 10.0. The molecular formula is C36H30Br2Cl2NO2P. The first-order chi connectivity index (χ1) is 21.4. The molecule has 8 heteroatoms. The molecule has 5 aromatic rings. The molecule has 224 valence electrons. The largest absolute Gasteiger partial charge is 0.445 e. The monoisotopic (exact) mass is 767 g/mol. The van der Waals surface area contributed by atoms with Crippen molar-refractivity contribution < 1.29 is 9.53 Å². The van der Waals surface area contributed by atoms with Gasteiger partial charge in [-0.05, 0) is 79.3 Å². The van der Waals surface area contributed by atoms with E-state index in [2.05, 4.69) is 128 Å². The summed E-state index contributed by atoms with van der Waals surface area (Å²) in [5, 5.41) is 7.88. The maximum atomic E-state index is 12.2. The van der Waals surface area contributed by atoms with Crippen LogP contribution >= 0.6 is 63.0 Å². The van der Waals surface area contributed by atoms with E-state index in [0.29, 0.717) is 16.5 Å². The summed E-state index contributed by atoms with van der Waals surface area (Å²) in [5.74, 6) is 0. The van der Waals surface area contributed by atoms with Gasteiger partial charge in [0.2, 0.25) is 0 Å². The van der Waals surface area contributed by atoms with Crippen molar-refractivity contribution in [1.82, 2.24) is 5.32 Å². The molecule has 0 aromatic heterocycles. The Kier molecular flexibility index (Phi) is 14.0. The summed E-state index contributed by atoms with van der Waals surface area (Å²) in [7, 11) is -0.446. The molecule has 0 aliphatic carbocycles. The van der Waals surface area contributed by atoms with Gasteiger partial charge in [-0.2, -0.15) is 0 Å². The van der Waals surface area contributed by atoms with Crippen LogP contribution < -0.4 is 21.2 Å². The molecule has 5 aromatic carbocycles. The van der Waals surface area contributed by atoms with Gasteiger partial charge in [-0.15, -0.1) is 0 Å². The first-order valence-electron chi connectivity index (χ1n) is 13.8. The SMILES string of the molecule is O=C(NC(CC=C(Br)Br)c1cccc(Cl)c1Cl)OCc1ccccc1.c1ccc(P(c2ccccc2)c2ccccc2)cc1. The van der Waals surface area contributed by atoms with Gasteiger partial charge in [0.05, 0.1) is 19.5 Å². The fourth-order valence-corrected chi connectivity index (χ4v) is 7.46. The highest BCUT2D eigenvalue weighted by molar-refractivity contribution is 9.28. The molecule has 44 heavy (non-hydrogen) atoms. The highest BCUT2D eigenvalue weighted by Crippen LogP contribution is 2.33. The second kappa shape index (κ2) is 18.1. The van der Waals surface area contributed by atoms with Crippen molar-refractivity contribution in [1.29, 1.82) is 0 Å². The van der Waals surface area contributed by atoms with Crippen LogP contribution in [-0.4, -0.2) is 6.09 Å². The minimum Gasteiger partial charge on any atom is -0.445 e. The molecular weight excluding hydrogens is 740 g/mol. The van der Waals surface area contributed by atoms with Crippen molar-refractivity contribution in [2.75, 3.05) is 0 Å². The van der Waals surface area contributed by atoms with Gasteiger partial charge < -0.3 is 10.1 Å². The van der Waals surface area contributed by atoms with Crippen LogP contribution in [0, 0.1) is 0 Å². The van der Waals surface area contributed by atoms with Crippen LogP contribution in [0.3, 0.4) is 0 Å². The minimum atomic E-state index is -0.524. The third-order valence-electron chi connectivity index (χ3n) is 6.41. The lowest BCUT2D eigenvalue weighted by molar-refractivity contribution is 0.135. The van der Waals surface area contributed by atoms with Crippen LogP contribution in [0.25, 0.3) is 0 Å². The molecule has 0 saturated carbocycles. The molecule has 0 radical (unpaired) electrons. The second-order valence-electron chi connectivity index (χ2n) is 9.47. The van der Waals surface area contributed by atoms with E-state index in [1.165, 1.54) is 15.9 Å². The van der Waals surface area contributed by atoms with E-state index >= 15 is 0 Å². The smallest absolute Gasteiger partial charge is 0.407 e. The molecule has 5 rings (SSSR count). The van der Waals surface area contributed by atoms with Gasteiger partial charge in [-0.3, -0.25) is 0 Å². The predicted molar refractivity (Wildman–Crippen MR) is 195 cm³/mol. The van der Waals surface area contributed by atoms with Crippen molar-refractivity contribution in [2.45, 2.75) is 19.1 Å². The Balaban J connectivity index is 0.000000208. The summed E-state index contributed by atoms with van der Waals surface area (Å²) in [6.45, 7) is 0.195. The number of ether oxygens (including phenoxy) is 1. The fraction of sp³-hybridized carbons (Fsp3) is 0.0833. The summed E-state index contributed by atoms with van der Waals surface area (Å²) in [4.78, 5) is 12.2. The molecule has 0 spiro atoms. The van der Waals surface area contributed by atoms with Crippen molar-refractivity contribution in [3.05, 3.63) is 170 Å². The quantitative estimate of drug-likeness (QED) is 0.152. The van der Waals surface area contributed by atoms with Gasteiger partial charge in [0.15, 0.2) is 0 Å². The number of hydrogen-bond donors (Lipinski definition) is 1. The van der Waals surface area contributed by atoms with Crippen molar-refractivity contribution in [3.63, 3.8) is 0 Å². The first kappa shape index (κ1) is 34.0. The molecule has 0 heterocycles. The zero-order chi connectivity index (χ0) is 31.1. The van der Waals surface area contributed by atoms with E-state index in [4.69, 9.17) is 27.9 Å². The summed E-state index contributed by atoms with van der Waals surface area (Å²) < 4.78 is 6.07. The zero-order valence-electron chi connectivity index (χ0n) is 23.6. The highest BCUT2D eigenvalue weighted by Gasteiger charge is 2.19. The van der Waals surface area contributed by atoms with Gasteiger partial charge in [0.1, 0.15) is 6.61 Å². The molecule has 0 aliphatic rings. The topological polar surface area (TPSA) is 38.3 Å². The summed E-state index contributed by atoms with van der Waals surface area (Å²) >= 11 is 19.0. The first-order valence-corrected chi connectivity index (χ1v) is 17.5. The summed E-state index contributed by atoms with van der Waals surface area (Å²) in [5.41, 5.74) is 1.64. The number of hydrogen-bond acceptors (Lipinski definition) is 2. The van der Waals surface area contributed by atoms with Gasteiger partial charge in [0.25, 0.3) is 0 Å². The van der Waals surface area contributed by atoms with Gasteiger partial charge >= 0.3 is 6.09 Å². The normalized spacial score (nSPS) is 11.1. The number of alkyl carbamates (subject to hydrolysis) is 1. The van der Waals surface area contributed by atoms with Crippen LogP contribution in [0.1, 0.15) is 23.6 Å². The van der Waals surface area contributed by atoms with E-state index in [1.54, 1.807) is 12.1 Å². The van der Waals surface area contributed by atoms with Crippen LogP contribution in [0.5, 0.6) is 0 Å². The Bertz CT molecular complexity index is 1530. The van der Waals surface area contributed by atoms with E-state index < -0.39 is 14.0 Å². The Hall–Kier alpha value is -2.92. The molecule has 0 bridgehead atoms. The Morgan fingerprint density at radius 3 is 1.66 bits per heavy atom. The van der Waals surface area contributed by atoms with Crippen LogP contribution in [0.4, 0.5) is 4.79 Å². The van der Waals surface area contributed by atoms with E-state index in [1.807, 2.05) is 42.5 Å². The standard InChI is InChI=1S/C18H15Br2Cl2NO2.C18H15P/c19-16(20)10-9-15(13-7-4-8-14(21)17(13)22)23-18(24)25-11-12-5-2-1-3-6-12;1-4-10-16(11-5-1)19(17-12-6-2-7-13-17)18-14-8-3-9-15-18/h1-8,10,15H,9,11H2,(H,23,24);1-15H. The zero-order valence-corrected chi connectivity index (χ0v) is 29.2. The summed E-state index contributed by atoms with van der Waals surface area (Å²) in [6, 6.07) is 46.7. The number of carbonyl (C=O) groups is 1. The second-order valence-corrected chi connectivity index (χ2v) is 15.3. The average molecular weight is 770 g/mol. The molecule has 0 fully saturated rings. The highest BCUT2D eigenvalue weighted by atomic mass is 79.9. The Labute approximate surface area is 287 Å². The third-order valence-corrected chi connectivity index (χ3v) is 10.3. The fourth-order valence-electron chi connectivity index (χ4n) is 4.35.